The molecule has 1 rings (SSSR count). The Hall–Kier alpha value is -2.30. The van der Waals surface area contributed by atoms with Crippen LogP contribution in [0.3, 0.4) is 0 Å². The summed E-state index contributed by atoms with van der Waals surface area (Å²) in [6, 6.07) is 7.14. The van der Waals surface area contributed by atoms with E-state index in [2.05, 4.69) is 10.1 Å². The van der Waals surface area contributed by atoms with Gasteiger partial charge in [-0.15, -0.1) is 0 Å². The Morgan fingerprint density at radius 2 is 2.00 bits per heavy atom. The molecule has 0 heterocycles. The molecule has 0 aromatic heterocycles. The lowest BCUT2D eigenvalue weighted by Crippen LogP contribution is -2.32. The van der Waals surface area contributed by atoms with Crippen molar-refractivity contribution >= 4 is 18.1 Å². The van der Waals surface area contributed by atoms with Crippen LogP contribution in [0.2, 0.25) is 0 Å². The highest BCUT2D eigenvalue weighted by Crippen LogP contribution is 2.09. The van der Waals surface area contributed by atoms with Gasteiger partial charge >= 0.3 is 12.1 Å². The van der Waals surface area contributed by atoms with Gasteiger partial charge in [-0.2, -0.15) is 0 Å². The van der Waals surface area contributed by atoms with Crippen LogP contribution in [0.15, 0.2) is 30.3 Å². The van der Waals surface area contributed by atoms with Crippen molar-refractivity contribution in [3.05, 3.63) is 41.5 Å². The first-order valence-electron chi connectivity index (χ1n) is 7.13. The quantitative estimate of drug-likeness (QED) is 0.669. The molecule has 0 aliphatic heterocycles. The molecule has 0 radical (unpaired) electrons. The summed E-state index contributed by atoms with van der Waals surface area (Å²) in [6.07, 6.45) is 4.06. The number of benzene rings is 1. The van der Waals surface area contributed by atoms with Gasteiger partial charge in [0.25, 0.3) is 0 Å². The minimum absolute atomic E-state index is 0.359. The van der Waals surface area contributed by atoms with E-state index in [1.54, 1.807) is 18.2 Å². The summed E-state index contributed by atoms with van der Waals surface area (Å²) in [5.41, 5.74) is 0.922. The molecule has 22 heavy (non-hydrogen) atoms. The smallest absolute Gasteiger partial charge is 0.407 e. The number of ether oxygens (including phenoxy) is 2. The van der Waals surface area contributed by atoms with Crippen molar-refractivity contribution in [2.24, 2.45) is 0 Å². The molecule has 0 aliphatic carbocycles. The summed E-state index contributed by atoms with van der Waals surface area (Å²) in [4.78, 5) is 22.9. The van der Waals surface area contributed by atoms with Gasteiger partial charge in [-0.1, -0.05) is 24.3 Å². The van der Waals surface area contributed by atoms with Gasteiger partial charge in [-0.3, -0.25) is 0 Å². The number of nitrogens with one attached hydrogen (secondary N) is 1. The van der Waals surface area contributed by atoms with Crippen LogP contribution < -0.4 is 5.32 Å². The molecule has 5 heteroatoms. The number of carbonyl (C=O) groups excluding carboxylic acids is 2. The second-order valence-electron chi connectivity index (χ2n) is 5.74. The van der Waals surface area contributed by atoms with Gasteiger partial charge in [0.05, 0.1) is 12.7 Å². The van der Waals surface area contributed by atoms with E-state index in [4.69, 9.17) is 4.74 Å². The van der Waals surface area contributed by atoms with Crippen molar-refractivity contribution in [2.75, 3.05) is 13.7 Å². The van der Waals surface area contributed by atoms with Gasteiger partial charge in [0.2, 0.25) is 0 Å². The van der Waals surface area contributed by atoms with Crippen molar-refractivity contribution in [3.63, 3.8) is 0 Å². The molecule has 5 nitrogen and oxygen atoms in total. The number of carbonyl (C=O) groups is 2. The molecule has 0 aliphatic rings. The van der Waals surface area contributed by atoms with E-state index in [0.717, 1.165) is 5.56 Å². The molecule has 1 aromatic rings. The van der Waals surface area contributed by atoms with E-state index >= 15 is 0 Å². The second-order valence-corrected chi connectivity index (χ2v) is 5.74. The van der Waals surface area contributed by atoms with Gasteiger partial charge in [0, 0.05) is 6.54 Å². The van der Waals surface area contributed by atoms with Crippen LogP contribution in [-0.4, -0.2) is 31.3 Å². The maximum atomic E-state index is 11.4. The van der Waals surface area contributed by atoms with Crippen LogP contribution in [0.4, 0.5) is 4.79 Å². The Balaban J connectivity index is 2.40. The van der Waals surface area contributed by atoms with Crippen molar-refractivity contribution < 1.29 is 19.1 Å². The number of hydrogen-bond acceptors (Lipinski definition) is 4. The lowest BCUT2D eigenvalue weighted by molar-refractivity contribution is 0.0527. The van der Waals surface area contributed by atoms with Gasteiger partial charge in [0.15, 0.2) is 0 Å². The number of rotatable bonds is 5. The van der Waals surface area contributed by atoms with Crippen LogP contribution >= 0.6 is 0 Å². The minimum atomic E-state index is -0.492. The monoisotopic (exact) mass is 305 g/mol. The first-order valence-corrected chi connectivity index (χ1v) is 7.13. The Labute approximate surface area is 131 Å². The molecular weight excluding hydrogens is 282 g/mol. The van der Waals surface area contributed by atoms with Gasteiger partial charge in [0.1, 0.15) is 5.60 Å². The zero-order valence-corrected chi connectivity index (χ0v) is 13.5. The Morgan fingerprint density at radius 3 is 2.64 bits per heavy atom. The molecule has 0 atom stereocenters. The van der Waals surface area contributed by atoms with Crippen LogP contribution in [0.1, 0.15) is 43.1 Å². The number of amides is 1. The fraction of sp³-hybridized carbons (Fsp3) is 0.412. The van der Waals surface area contributed by atoms with Gasteiger partial charge in [-0.25, -0.2) is 9.59 Å². The first kappa shape index (κ1) is 17.8. The Kier molecular flexibility index (Phi) is 6.63. The summed E-state index contributed by atoms with van der Waals surface area (Å²) in [5.74, 6) is -0.359. The summed E-state index contributed by atoms with van der Waals surface area (Å²) in [7, 11) is 1.35. The highest BCUT2D eigenvalue weighted by molar-refractivity contribution is 5.89. The normalized spacial score (nSPS) is 11.3. The summed E-state index contributed by atoms with van der Waals surface area (Å²) in [6.45, 7) is 5.95. The van der Waals surface area contributed by atoms with Crippen molar-refractivity contribution in [1.82, 2.24) is 5.32 Å². The average Bonchev–Trinajstić information content (AvgIpc) is 2.44. The first-order chi connectivity index (χ1) is 10.3. The third-order valence-electron chi connectivity index (χ3n) is 2.60. The molecule has 0 bridgehead atoms. The number of alkyl carbamates (subject to hydrolysis) is 1. The molecule has 0 saturated carbocycles. The molecule has 120 valence electrons. The molecular formula is C17H23NO4. The number of hydrogen-bond donors (Lipinski definition) is 1. The number of esters is 1. The largest absolute Gasteiger partial charge is 0.465 e. The highest BCUT2D eigenvalue weighted by atomic mass is 16.6. The topological polar surface area (TPSA) is 64.6 Å². The van der Waals surface area contributed by atoms with E-state index < -0.39 is 11.7 Å². The molecule has 1 amide bonds. The maximum Gasteiger partial charge on any atom is 0.407 e. The summed E-state index contributed by atoms with van der Waals surface area (Å²) >= 11 is 0. The molecule has 0 spiro atoms. The molecule has 1 N–H and O–H groups in total. The highest BCUT2D eigenvalue weighted by Gasteiger charge is 2.15. The van der Waals surface area contributed by atoms with E-state index in [0.29, 0.717) is 18.5 Å². The standard InChI is InChI=1S/C17H23NO4/c1-17(2,3)22-16(20)18-11-6-5-8-13-9-7-10-14(12-13)15(19)21-4/h5,7-10,12H,6,11H2,1-4H3,(H,18,20). The van der Waals surface area contributed by atoms with E-state index in [1.807, 2.05) is 39.0 Å². The predicted octanol–water partition coefficient (Wildman–Crippen LogP) is 3.40. The Bertz CT molecular complexity index is 544. The average molecular weight is 305 g/mol. The lowest BCUT2D eigenvalue weighted by Gasteiger charge is -2.19. The molecule has 0 saturated heterocycles. The number of methoxy groups -OCH3 is 1. The molecule has 0 fully saturated rings. The van der Waals surface area contributed by atoms with E-state index in [-0.39, 0.29) is 5.97 Å². The fourth-order valence-electron chi connectivity index (χ4n) is 1.68. The molecule has 0 unspecified atom stereocenters. The fourth-order valence-corrected chi connectivity index (χ4v) is 1.68. The SMILES string of the molecule is COC(=O)c1cccc(C=CCCNC(=O)OC(C)(C)C)c1. The Morgan fingerprint density at radius 1 is 1.27 bits per heavy atom. The third-order valence-corrected chi connectivity index (χ3v) is 2.60. The van der Waals surface area contributed by atoms with E-state index in [1.165, 1.54) is 7.11 Å². The van der Waals surface area contributed by atoms with Gasteiger partial charge in [-0.05, 0) is 44.9 Å². The van der Waals surface area contributed by atoms with Crippen LogP contribution in [0.5, 0.6) is 0 Å². The van der Waals surface area contributed by atoms with Crippen LogP contribution in [0.25, 0.3) is 6.08 Å². The summed E-state index contributed by atoms with van der Waals surface area (Å²) in [5, 5.41) is 2.68. The van der Waals surface area contributed by atoms with Gasteiger partial charge < -0.3 is 14.8 Å². The lowest BCUT2D eigenvalue weighted by atomic mass is 10.1. The molecule has 1 aromatic carbocycles. The van der Waals surface area contributed by atoms with Crippen molar-refractivity contribution in [1.29, 1.82) is 0 Å². The summed E-state index contributed by atoms with van der Waals surface area (Å²) < 4.78 is 9.81. The zero-order chi connectivity index (χ0) is 16.6. The third kappa shape index (κ3) is 6.92. The van der Waals surface area contributed by atoms with Crippen molar-refractivity contribution in [3.8, 4) is 0 Å². The van der Waals surface area contributed by atoms with Crippen LogP contribution in [-0.2, 0) is 9.47 Å². The second kappa shape index (κ2) is 8.22. The van der Waals surface area contributed by atoms with E-state index in [9.17, 15) is 9.59 Å². The van der Waals surface area contributed by atoms with Crippen molar-refractivity contribution in [2.45, 2.75) is 32.8 Å². The maximum absolute atomic E-state index is 11.4. The zero-order valence-electron chi connectivity index (χ0n) is 13.5. The predicted molar refractivity (Wildman–Crippen MR) is 85.7 cm³/mol. The minimum Gasteiger partial charge on any atom is -0.465 e. The van der Waals surface area contributed by atoms with Crippen LogP contribution in [0, 0.1) is 0 Å².